The average molecular weight is 274 g/mol. The second-order valence-electron chi connectivity index (χ2n) is 3.30. The monoisotopic (exact) mass is 274 g/mol. The number of carboxylic acids is 1. The van der Waals surface area contributed by atoms with Gasteiger partial charge < -0.3 is 5.11 Å². The molecular weight excluding hydrogens is 269 g/mol. The van der Waals surface area contributed by atoms with Gasteiger partial charge >= 0.3 is 12.1 Å². The Morgan fingerprint density at radius 3 is 2.56 bits per heavy atom. The Kier molecular flexibility index (Phi) is 3.04. The lowest BCUT2D eigenvalue weighted by Gasteiger charge is -2.06. The van der Waals surface area contributed by atoms with Crippen molar-refractivity contribution < 1.29 is 23.1 Å². The highest BCUT2D eigenvalue weighted by atomic mass is 32.1. The second-order valence-corrected chi connectivity index (χ2v) is 4.27. The lowest BCUT2D eigenvalue weighted by Crippen LogP contribution is -2.04. The second kappa shape index (κ2) is 4.37. The Morgan fingerprint density at radius 1 is 1.28 bits per heavy atom. The lowest BCUT2D eigenvalue weighted by atomic mass is 10.1. The lowest BCUT2D eigenvalue weighted by molar-refractivity contribution is -0.137. The molecule has 2 rings (SSSR count). The van der Waals surface area contributed by atoms with E-state index in [-0.39, 0.29) is 15.6 Å². The molecule has 0 aliphatic rings. The molecular formula is C10H5F3N2O2S. The van der Waals surface area contributed by atoms with Gasteiger partial charge in [0.1, 0.15) is 5.01 Å². The molecule has 1 aromatic carbocycles. The smallest absolute Gasteiger partial charge is 0.416 e. The van der Waals surface area contributed by atoms with Gasteiger partial charge in [-0.05, 0) is 12.1 Å². The van der Waals surface area contributed by atoms with Gasteiger partial charge in [-0.3, -0.25) is 0 Å². The SMILES string of the molecule is O=C(O)c1nnc(-c2cccc(C(F)(F)F)c2)s1. The van der Waals surface area contributed by atoms with Crippen molar-refractivity contribution in [3.05, 3.63) is 34.8 Å². The molecule has 18 heavy (non-hydrogen) atoms. The molecule has 0 fully saturated rings. The summed E-state index contributed by atoms with van der Waals surface area (Å²) in [5.41, 5.74) is -0.623. The Morgan fingerprint density at radius 2 is 2.00 bits per heavy atom. The van der Waals surface area contributed by atoms with Gasteiger partial charge in [0.15, 0.2) is 0 Å². The maximum absolute atomic E-state index is 12.5. The molecule has 0 amide bonds. The number of aromatic nitrogens is 2. The number of aromatic carboxylic acids is 1. The first-order valence-electron chi connectivity index (χ1n) is 4.62. The summed E-state index contributed by atoms with van der Waals surface area (Å²) in [5.74, 6) is -1.26. The van der Waals surface area contributed by atoms with Gasteiger partial charge in [-0.1, -0.05) is 23.5 Å². The number of hydrogen-bond donors (Lipinski definition) is 1. The van der Waals surface area contributed by atoms with Crippen LogP contribution in [0.3, 0.4) is 0 Å². The number of benzene rings is 1. The first-order valence-corrected chi connectivity index (χ1v) is 5.44. The van der Waals surface area contributed by atoms with Crippen LogP contribution in [0.2, 0.25) is 0 Å². The summed E-state index contributed by atoms with van der Waals surface area (Å²) >= 11 is 0.724. The first kappa shape index (κ1) is 12.5. The molecule has 1 heterocycles. The van der Waals surface area contributed by atoms with Crippen LogP contribution in [-0.4, -0.2) is 21.3 Å². The van der Waals surface area contributed by atoms with Gasteiger partial charge in [-0.2, -0.15) is 13.2 Å². The Balaban J connectivity index is 2.41. The fourth-order valence-corrected chi connectivity index (χ4v) is 1.93. The van der Waals surface area contributed by atoms with E-state index in [0.717, 1.165) is 23.5 Å². The maximum Gasteiger partial charge on any atom is 0.416 e. The van der Waals surface area contributed by atoms with E-state index in [1.54, 1.807) is 0 Å². The van der Waals surface area contributed by atoms with Gasteiger partial charge in [0.25, 0.3) is 0 Å². The molecule has 1 N–H and O–H groups in total. The largest absolute Gasteiger partial charge is 0.476 e. The van der Waals surface area contributed by atoms with Crippen molar-refractivity contribution in [3.63, 3.8) is 0 Å². The van der Waals surface area contributed by atoms with E-state index in [4.69, 9.17) is 5.11 Å². The molecule has 0 atom stereocenters. The first-order chi connectivity index (χ1) is 8.38. The number of hydrogen-bond acceptors (Lipinski definition) is 4. The minimum absolute atomic E-state index is 0.137. The minimum Gasteiger partial charge on any atom is -0.476 e. The molecule has 0 aliphatic carbocycles. The Hall–Kier alpha value is -1.96. The highest BCUT2D eigenvalue weighted by Crippen LogP contribution is 2.32. The fraction of sp³-hybridized carbons (Fsp3) is 0.100. The zero-order valence-corrected chi connectivity index (χ0v) is 9.42. The fourth-order valence-electron chi connectivity index (χ4n) is 1.25. The zero-order chi connectivity index (χ0) is 13.3. The quantitative estimate of drug-likeness (QED) is 0.914. The van der Waals surface area contributed by atoms with Crippen LogP contribution < -0.4 is 0 Å². The van der Waals surface area contributed by atoms with Crippen LogP contribution >= 0.6 is 11.3 Å². The van der Waals surface area contributed by atoms with Crippen molar-refractivity contribution in [1.29, 1.82) is 0 Å². The van der Waals surface area contributed by atoms with Gasteiger partial charge in [0.05, 0.1) is 5.56 Å². The normalized spacial score (nSPS) is 11.5. The summed E-state index contributed by atoms with van der Waals surface area (Å²) in [6.07, 6.45) is -4.45. The summed E-state index contributed by atoms with van der Waals surface area (Å²) in [6.45, 7) is 0. The highest BCUT2D eigenvalue weighted by Gasteiger charge is 2.30. The van der Waals surface area contributed by atoms with Gasteiger partial charge in [0, 0.05) is 5.56 Å². The van der Waals surface area contributed by atoms with E-state index in [2.05, 4.69) is 10.2 Å². The zero-order valence-electron chi connectivity index (χ0n) is 8.60. The molecule has 0 radical (unpaired) electrons. The third-order valence-corrected chi connectivity index (χ3v) is 3.01. The molecule has 4 nitrogen and oxygen atoms in total. The third kappa shape index (κ3) is 2.48. The number of carbonyl (C=O) groups is 1. The van der Waals surface area contributed by atoms with Crippen molar-refractivity contribution >= 4 is 17.3 Å². The molecule has 94 valence electrons. The van der Waals surface area contributed by atoms with Crippen LogP contribution in [0, 0.1) is 0 Å². The summed E-state index contributed by atoms with van der Waals surface area (Å²) in [6, 6.07) is 4.50. The molecule has 0 unspecified atom stereocenters. The van der Waals surface area contributed by atoms with E-state index in [1.807, 2.05) is 0 Å². The third-order valence-electron chi connectivity index (χ3n) is 2.04. The standard InChI is InChI=1S/C10H5F3N2O2S/c11-10(12,13)6-3-1-2-5(4-6)7-14-15-8(18-7)9(16)17/h1-4H,(H,16,17). The van der Waals surface area contributed by atoms with Crippen LogP contribution in [0.15, 0.2) is 24.3 Å². The molecule has 0 aliphatic heterocycles. The predicted octanol–water partition coefficient (Wildman–Crippen LogP) is 2.92. The van der Waals surface area contributed by atoms with Crippen LogP contribution in [0.1, 0.15) is 15.4 Å². The Labute approximate surface area is 103 Å². The number of carboxylic acid groups (broad SMARTS) is 1. The number of rotatable bonds is 2. The number of alkyl halides is 3. The van der Waals surface area contributed by atoms with E-state index in [9.17, 15) is 18.0 Å². The predicted molar refractivity (Wildman–Crippen MR) is 57.3 cm³/mol. The molecule has 2 aromatic rings. The van der Waals surface area contributed by atoms with E-state index < -0.39 is 17.7 Å². The van der Waals surface area contributed by atoms with Crippen molar-refractivity contribution in [3.8, 4) is 10.6 Å². The van der Waals surface area contributed by atoms with Gasteiger partial charge in [-0.25, -0.2) is 4.79 Å². The maximum atomic E-state index is 12.5. The average Bonchev–Trinajstić information content (AvgIpc) is 2.77. The molecule has 0 saturated heterocycles. The van der Waals surface area contributed by atoms with Gasteiger partial charge in [0.2, 0.25) is 5.01 Å². The molecule has 0 spiro atoms. The molecule has 8 heteroatoms. The highest BCUT2D eigenvalue weighted by molar-refractivity contribution is 7.16. The topological polar surface area (TPSA) is 63.1 Å². The molecule has 0 bridgehead atoms. The van der Waals surface area contributed by atoms with Crippen LogP contribution in [0.25, 0.3) is 10.6 Å². The number of nitrogens with zero attached hydrogens (tertiary/aromatic N) is 2. The molecule has 0 saturated carbocycles. The van der Waals surface area contributed by atoms with Crippen molar-refractivity contribution in [2.75, 3.05) is 0 Å². The van der Waals surface area contributed by atoms with E-state index in [0.29, 0.717) is 0 Å². The van der Waals surface area contributed by atoms with Crippen LogP contribution in [0.4, 0.5) is 13.2 Å². The van der Waals surface area contributed by atoms with Gasteiger partial charge in [-0.15, -0.1) is 10.2 Å². The Bertz CT molecular complexity index is 595. The van der Waals surface area contributed by atoms with E-state index >= 15 is 0 Å². The molecule has 1 aromatic heterocycles. The minimum atomic E-state index is -4.45. The number of halogens is 3. The summed E-state index contributed by atoms with van der Waals surface area (Å²) in [4.78, 5) is 10.6. The summed E-state index contributed by atoms with van der Waals surface area (Å²) in [7, 11) is 0. The van der Waals surface area contributed by atoms with E-state index in [1.165, 1.54) is 12.1 Å². The summed E-state index contributed by atoms with van der Waals surface area (Å²) in [5, 5.41) is 15.5. The van der Waals surface area contributed by atoms with Crippen LogP contribution in [-0.2, 0) is 6.18 Å². The van der Waals surface area contributed by atoms with Crippen LogP contribution in [0.5, 0.6) is 0 Å². The summed E-state index contributed by atoms with van der Waals surface area (Å²) < 4.78 is 37.5. The van der Waals surface area contributed by atoms with Crippen molar-refractivity contribution in [2.45, 2.75) is 6.18 Å². The van der Waals surface area contributed by atoms with Crippen molar-refractivity contribution in [1.82, 2.24) is 10.2 Å². The van der Waals surface area contributed by atoms with Crippen molar-refractivity contribution in [2.24, 2.45) is 0 Å².